The lowest BCUT2D eigenvalue weighted by atomic mass is 9.98. The highest BCUT2D eigenvalue weighted by Gasteiger charge is 2.42. The van der Waals surface area contributed by atoms with Gasteiger partial charge in [-0.25, -0.2) is 0 Å². The summed E-state index contributed by atoms with van der Waals surface area (Å²) >= 11 is 1.82. The number of morpholine rings is 1. The van der Waals surface area contributed by atoms with E-state index in [1.54, 1.807) is 0 Å². The number of amides is 1. The van der Waals surface area contributed by atoms with Crippen LogP contribution in [-0.2, 0) is 20.8 Å². The van der Waals surface area contributed by atoms with Crippen LogP contribution >= 0.6 is 11.3 Å². The van der Waals surface area contributed by atoms with Gasteiger partial charge in [-0.05, 0) is 30.7 Å². The number of hydrogen-bond donors (Lipinski definition) is 0. The number of carbonyl (C=O) groups is 1. The molecule has 0 aliphatic carbocycles. The van der Waals surface area contributed by atoms with E-state index in [-0.39, 0.29) is 18.1 Å². The fourth-order valence-corrected chi connectivity index (χ4v) is 4.71. The van der Waals surface area contributed by atoms with Crippen molar-refractivity contribution in [2.75, 3.05) is 32.8 Å². The van der Waals surface area contributed by atoms with Crippen molar-refractivity contribution in [2.24, 2.45) is 0 Å². The van der Waals surface area contributed by atoms with Crippen LogP contribution < -0.4 is 0 Å². The maximum absolute atomic E-state index is 12.6. The molecule has 0 spiro atoms. The molecule has 0 aromatic carbocycles. The van der Waals surface area contributed by atoms with Crippen LogP contribution in [0.2, 0.25) is 0 Å². The molecule has 5 nitrogen and oxygen atoms in total. The van der Waals surface area contributed by atoms with Gasteiger partial charge in [0.25, 0.3) is 5.91 Å². The summed E-state index contributed by atoms with van der Waals surface area (Å²) in [5.74, 6) is 0.170. The van der Waals surface area contributed by atoms with Crippen molar-refractivity contribution < 1.29 is 14.3 Å². The fourth-order valence-electron chi connectivity index (χ4n) is 3.98. The predicted molar refractivity (Wildman–Crippen MR) is 88.4 cm³/mol. The average molecular weight is 336 g/mol. The normalized spacial score (nSPS) is 32.0. The molecule has 0 saturated carbocycles. The van der Waals surface area contributed by atoms with Crippen molar-refractivity contribution in [2.45, 2.75) is 44.1 Å². The molecular weight excluding hydrogens is 312 g/mol. The van der Waals surface area contributed by atoms with Crippen LogP contribution in [0.5, 0.6) is 0 Å². The van der Waals surface area contributed by atoms with Gasteiger partial charge < -0.3 is 14.4 Å². The van der Waals surface area contributed by atoms with Crippen LogP contribution in [-0.4, -0.2) is 66.8 Å². The molecule has 126 valence electrons. The van der Waals surface area contributed by atoms with Gasteiger partial charge >= 0.3 is 0 Å². The molecule has 23 heavy (non-hydrogen) atoms. The van der Waals surface area contributed by atoms with Gasteiger partial charge in [0.2, 0.25) is 0 Å². The van der Waals surface area contributed by atoms with Crippen LogP contribution in [0.25, 0.3) is 0 Å². The molecule has 0 unspecified atom stereocenters. The number of nitrogens with zero attached hydrogens (tertiary/aromatic N) is 2. The third-order valence-corrected chi connectivity index (χ3v) is 6.06. The van der Waals surface area contributed by atoms with Crippen molar-refractivity contribution in [1.82, 2.24) is 9.80 Å². The molecule has 3 aliphatic rings. The largest absolute Gasteiger partial charge is 0.378 e. The van der Waals surface area contributed by atoms with E-state index in [0.29, 0.717) is 32.3 Å². The van der Waals surface area contributed by atoms with Gasteiger partial charge in [-0.1, -0.05) is 6.07 Å². The lowest BCUT2D eigenvalue weighted by molar-refractivity contribution is -0.158. The average Bonchev–Trinajstić information content (AvgIpc) is 3.25. The SMILES string of the molecule is O=C([C@H]1CC[C@@H]2[C@@H](CCN2Cc2cccs2)O1)N1CCOCC1. The Balaban J connectivity index is 1.34. The van der Waals surface area contributed by atoms with Crippen molar-refractivity contribution >= 4 is 17.2 Å². The maximum Gasteiger partial charge on any atom is 0.251 e. The summed E-state index contributed by atoms with van der Waals surface area (Å²) in [6.45, 7) is 4.81. The zero-order chi connectivity index (χ0) is 15.6. The van der Waals surface area contributed by atoms with E-state index < -0.39 is 0 Å². The Kier molecular flexibility index (Phi) is 4.66. The summed E-state index contributed by atoms with van der Waals surface area (Å²) in [5.41, 5.74) is 0. The highest BCUT2D eigenvalue weighted by molar-refractivity contribution is 7.09. The third-order valence-electron chi connectivity index (χ3n) is 5.20. The summed E-state index contributed by atoms with van der Waals surface area (Å²) in [4.78, 5) is 18.5. The van der Waals surface area contributed by atoms with Crippen LogP contribution in [0.15, 0.2) is 17.5 Å². The molecule has 4 rings (SSSR count). The molecule has 3 atom stereocenters. The maximum atomic E-state index is 12.6. The molecule has 6 heteroatoms. The molecule has 1 amide bonds. The standard InChI is InChI=1S/C17H24N2O3S/c20-17(18-7-9-21-10-8-18)16-4-3-14-15(22-16)5-6-19(14)12-13-2-1-11-23-13/h1-2,11,14-16H,3-10,12H2/t14-,15-,16-/m1/s1. The quantitative estimate of drug-likeness (QED) is 0.843. The number of ether oxygens (including phenoxy) is 2. The molecular formula is C17H24N2O3S. The Labute approximate surface area is 141 Å². The molecule has 3 aliphatic heterocycles. The summed E-state index contributed by atoms with van der Waals surface area (Å²) in [6.07, 6.45) is 2.94. The lowest BCUT2D eigenvalue weighted by Gasteiger charge is -2.38. The van der Waals surface area contributed by atoms with Crippen molar-refractivity contribution in [3.8, 4) is 0 Å². The van der Waals surface area contributed by atoms with E-state index in [1.165, 1.54) is 4.88 Å². The molecule has 0 radical (unpaired) electrons. The minimum absolute atomic E-state index is 0.170. The first-order valence-corrected chi connectivity index (χ1v) is 9.47. The third kappa shape index (κ3) is 3.31. The van der Waals surface area contributed by atoms with E-state index in [1.807, 2.05) is 16.2 Å². The lowest BCUT2D eigenvalue weighted by Crippen LogP contribution is -2.51. The predicted octanol–water partition coefficient (Wildman–Crippen LogP) is 1.73. The monoisotopic (exact) mass is 336 g/mol. The Morgan fingerprint density at radius 2 is 2.09 bits per heavy atom. The smallest absolute Gasteiger partial charge is 0.251 e. The molecule has 3 fully saturated rings. The van der Waals surface area contributed by atoms with E-state index in [9.17, 15) is 4.79 Å². The zero-order valence-corrected chi connectivity index (χ0v) is 14.2. The Hall–Kier alpha value is -0.950. The van der Waals surface area contributed by atoms with Gasteiger partial charge in [0.15, 0.2) is 0 Å². The molecule has 1 aromatic rings. The zero-order valence-electron chi connectivity index (χ0n) is 13.4. The van der Waals surface area contributed by atoms with E-state index in [0.717, 1.165) is 32.4 Å². The first kappa shape index (κ1) is 15.6. The second-order valence-electron chi connectivity index (χ2n) is 6.58. The summed E-state index contributed by atoms with van der Waals surface area (Å²) in [5, 5.41) is 2.14. The van der Waals surface area contributed by atoms with Gasteiger partial charge in [-0.15, -0.1) is 11.3 Å². The first-order chi connectivity index (χ1) is 11.3. The number of hydrogen-bond acceptors (Lipinski definition) is 5. The van der Waals surface area contributed by atoms with Crippen molar-refractivity contribution in [3.63, 3.8) is 0 Å². The summed E-state index contributed by atoms with van der Waals surface area (Å²) in [6, 6.07) is 4.79. The van der Waals surface area contributed by atoms with Crippen LogP contribution in [0.4, 0.5) is 0 Å². The van der Waals surface area contributed by atoms with E-state index in [2.05, 4.69) is 22.4 Å². The van der Waals surface area contributed by atoms with Crippen molar-refractivity contribution in [1.29, 1.82) is 0 Å². The van der Waals surface area contributed by atoms with E-state index in [4.69, 9.17) is 9.47 Å². The molecule has 3 saturated heterocycles. The molecule has 4 heterocycles. The summed E-state index contributed by atoms with van der Waals surface area (Å²) < 4.78 is 11.5. The molecule has 0 bridgehead atoms. The van der Waals surface area contributed by atoms with Gasteiger partial charge in [0.05, 0.1) is 19.3 Å². The number of carbonyl (C=O) groups excluding carboxylic acids is 1. The van der Waals surface area contributed by atoms with Crippen molar-refractivity contribution in [3.05, 3.63) is 22.4 Å². The highest BCUT2D eigenvalue weighted by Crippen LogP contribution is 2.33. The van der Waals surface area contributed by atoms with Crippen LogP contribution in [0.3, 0.4) is 0 Å². The fraction of sp³-hybridized carbons (Fsp3) is 0.706. The van der Waals surface area contributed by atoms with E-state index >= 15 is 0 Å². The van der Waals surface area contributed by atoms with Gasteiger partial charge in [0.1, 0.15) is 6.10 Å². The second-order valence-corrected chi connectivity index (χ2v) is 7.62. The number of likely N-dealkylation sites (tertiary alicyclic amines) is 1. The number of thiophene rings is 1. The molecule has 0 N–H and O–H groups in total. The molecule has 1 aromatic heterocycles. The first-order valence-electron chi connectivity index (χ1n) is 8.60. The highest BCUT2D eigenvalue weighted by atomic mass is 32.1. The Morgan fingerprint density at radius 1 is 1.22 bits per heavy atom. The second kappa shape index (κ2) is 6.89. The summed E-state index contributed by atoms with van der Waals surface area (Å²) in [7, 11) is 0. The van der Waals surface area contributed by atoms with Gasteiger partial charge in [-0.2, -0.15) is 0 Å². The van der Waals surface area contributed by atoms with Crippen LogP contribution in [0.1, 0.15) is 24.1 Å². The minimum atomic E-state index is -0.240. The topological polar surface area (TPSA) is 42.0 Å². The Bertz CT molecular complexity index is 530. The minimum Gasteiger partial charge on any atom is -0.378 e. The number of fused-ring (bicyclic) bond motifs is 1. The van der Waals surface area contributed by atoms with Gasteiger partial charge in [-0.3, -0.25) is 9.69 Å². The Morgan fingerprint density at radius 3 is 2.87 bits per heavy atom. The van der Waals surface area contributed by atoms with Crippen LogP contribution in [0, 0.1) is 0 Å². The van der Waals surface area contributed by atoms with Gasteiger partial charge in [0, 0.05) is 37.1 Å². The number of rotatable bonds is 3.